The highest BCUT2D eigenvalue weighted by Crippen LogP contribution is 2.59. The SMILES string of the molecule is COc1cccc2c1CC[C@H]2Nc1cc(C(F)(F)F)cn2cc(C3C4C(=O)N5CCC[C@H]5C4CC(CCc4ccc(F)cc4)C3c3n[nH]c(=O)o3)nc12. The van der Waals surface area contributed by atoms with Crippen molar-refractivity contribution in [1.29, 1.82) is 0 Å². The van der Waals surface area contributed by atoms with Crippen LogP contribution in [0.3, 0.4) is 0 Å². The number of ether oxygens (including phenoxy) is 1. The van der Waals surface area contributed by atoms with Crippen molar-refractivity contribution >= 4 is 17.2 Å². The van der Waals surface area contributed by atoms with Gasteiger partial charge < -0.3 is 23.8 Å². The zero-order valence-corrected chi connectivity index (χ0v) is 28.9. The molecule has 10 nitrogen and oxygen atoms in total. The quantitative estimate of drug-likeness (QED) is 0.165. The number of pyridine rings is 1. The fourth-order valence-electron chi connectivity index (χ4n) is 9.96. The number of carbonyl (C=O) groups is 1. The first-order valence-electron chi connectivity index (χ1n) is 18.2. The van der Waals surface area contributed by atoms with E-state index in [9.17, 15) is 27.2 Å². The van der Waals surface area contributed by atoms with E-state index < -0.39 is 35.2 Å². The molecule has 2 aliphatic heterocycles. The molecule has 0 bridgehead atoms. The van der Waals surface area contributed by atoms with Gasteiger partial charge in [-0.1, -0.05) is 24.3 Å². The van der Waals surface area contributed by atoms with Crippen molar-refractivity contribution in [1.82, 2.24) is 24.5 Å². The third-order valence-electron chi connectivity index (χ3n) is 12.2. The van der Waals surface area contributed by atoms with Crippen LogP contribution in [0.4, 0.5) is 23.2 Å². The van der Waals surface area contributed by atoms with Gasteiger partial charge in [0, 0.05) is 36.8 Å². The number of benzene rings is 2. The number of carbonyl (C=O) groups excluding carboxylic acids is 1. The first-order valence-corrected chi connectivity index (χ1v) is 18.2. The van der Waals surface area contributed by atoms with Gasteiger partial charge in [0.05, 0.1) is 36.0 Å². The molecule has 14 heteroatoms. The van der Waals surface area contributed by atoms with Gasteiger partial charge in [0.2, 0.25) is 11.8 Å². The second kappa shape index (κ2) is 12.8. The van der Waals surface area contributed by atoms with Crippen molar-refractivity contribution in [3.63, 3.8) is 0 Å². The first kappa shape index (κ1) is 33.7. The summed E-state index contributed by atoms with van der Waals surface area (Å²) in [5.41, 5.74) is 3.01. The van der Waals surface area contributed by atoms with Gasteiger partial charge in [0.1, 0.15) is 11.6 Å². The Bertz CT molecular complexity index is 2250. The number of imidazole rings is 1. The molecule has 2 saturated heterocycles. The van der Waals surface area contributed by atoms with E-state index in [1.165, 1.54) is 16.5 Å². The van der Waals surface area contributed by atoms with Gasteiger partial charge in [-0.15, -0.1) is 5.10 Å². The number of methoxy groups -OCH3 is 1. The van der Waals surface area contributed by atoms with Crippen molar-refractivity contribution in [2.45, 2.75) is 75.0 Å². The second-order valence-electron chi connectivity index (χ2n) is 14.9. The van der Waals surface area contributed by atoms with Crippen LogP contribution in [0.15, 0.2) is 70.1 Å². The summed E-state index contributed by atoms with van der Waals surface area (Å²) in [4.78, 5) is 33.8. The Balaban J connectivity index is 1.17. The average molecular weight is 731 g/mol. The molecule has 53 heavy (non-hydrogen) atoms. The van der Waals surface area contributed by atoms with E-state index in [2.05, 4.69) is 15.5 Å². The number of alkyl halides is 3. The normalized spacial score (nSPS) is 26.5. The Labute approximate surface area is 301 Å². The van der Waals surface area contributed by atoms with Gasteiger partial charge in [0.25, 0.3) is 0 Å². The number of halogens is 4. The average Bonchev–Trinajstić information content (AvgIpc) is 3.98. The van der Waals surface area contributed by atoms with Crippen molar-refractivity contribution in [2.75, 3.05) is 19.0 Å². The Morgan fingerprint density at radius 3 is 2.64 bits per heavy atom. The maximum atomic E-state index is 14.4. The van der Waals surface area contributed by atoms with Crippen molar-refractivity contribution in [3.8, 4) is 5.75 Å². The summed E-state index contributed by atoms with van der Waals surface area (Å²) in [5.74, 6) is -2.13. The molecule has 3 fully saturated rings. The van der Waals surface area contributed by atoms with Crippen LogP contribution in [0.1, 0.15) is 83.8 Å². The molecule has 5 heterocycles. The van der Waals surface area contributed by atoms with Crippen molar-refractivity contribution in [2.24, 2.45) is 17.8 Å². The van der Waals surface area contributed by atoms with Gasteiger partial charge >= 0.3 is 11.9 Å². The molecule has 4 aliphatic rings. The van der Waals surface area contributed by atoms with E-state index in [1.54, 1.807) is 25.4 Å². The molecule has 3 aromatic heterocycles. The number of H-pyrrole nitrogens is 1. The number of hydrogen-bond acceptors (Lipinski definition) is 7. The number of nitrogens with zero attached hydrogens (tertiary/aromatic N) is 4. The lowest BCUT2D eigenvalue weighted by Crippen LogP contribution is -2.40. The maximum Gasteiger partial charge on any atom is 0.434 e. The zero-order chi connectivity index (χ0) is 36.6. The third kappa shape index (κ3) is 5.77. The maximum absolute atomic E-state index is 14.4. The Kier molecular flexibility index (Phi) is 8.11. The lowest BCUT2D eigenvalue weighted by molar-refractivity contribution is -0.138. The molecular weight excluding hydrogens is 692 g/mol. The predicted molar refractivity (Wildman–Crippen MR) is 185 cm³/mol. The van der Waals surface area contributed by atoms with Crippen LogP contribution in [-0.4, -0.2) is 50.1 Å². The number of hydrogen-bond donors (Lipinski definition) is 2. The monoisotopic (exact) mass is 730 g/mol. The molecule has 2 N–H and O–H groups in total. The third-order valence-corrected chi connectivity index (χ3v) is 12.2. The molecule has 1 saturated carbocycles. The van der Waals surface area contributed by atoms with Gasteiger partial charge in [0.15, 0.2) is 5.65 Å². The van der Waals surface area contributed by atoms with Gasteiger partial charge in [-0.3, -0.25) is 4.79 Å². The standard InChI is InChI=1S/C39H38F4N6O4/c1-52-31-6-2-4-24-25(31)13-14-27(24)44-28-17-22(39(41,42)43)18-48-19-29(45-35(28)48)34-32(36-46-47-38(51)53-36)21(10-7-20-8-11-23(40)12-9-20)16-26-30-5-3-15-49(30)37(50)33(26)34/h2,4,6,8-9,11-12,17-19,21,26-27,30,32-34,44H,3,5,7,10,13-16H2,1H3,(H,47,51)/t21?,26?,27-,30+,32?,33?,34?/m1/s1. The molecule has 0 spiro atoms. The van der Waals surface area contributed by atoms with Crippen molar-refractivity contribution < 1.29 is 31.5 Å². The fraction of sp³-hybridized carbons (Fsp3) is 0.436. The van der Waals surface area contributed by atoms with Gasteiger partial charge in [-0.2, -0.15) is 13.2 Å². The van der Waals surface area contributed by atoms with E-state index in [0.29, 0.717) is 50.0 Å². The molecule has 5 aromatic rings. The number of anilines is 1. The molecule has 2 aliphatic carbocycles. The Morgan fingerprint density at radius 1 is 1.06 bits per heavy atom. The summed E-state index contributed by atoms with van der Waals surface area (Å²) >= 11 is 0. The highest BCUT2D eigenvalue weighted by atomic mass is 19.4. The summed E-state index contributed by atoms with van der Waals surface area (Å²) in [6.07, 6.45) is 3.01. The second-order valence-corrected chi connectivity index (χ2v) is 14.9. The summed E-state index contributed by atoms with van der Waals surface area (Å²) in [6.45, 7) is 0.646. The number of aromatic nitrogens is 4. The smallest absolute Gasteiger partial charge is 0.434 e. The Hall–Kier alpha value is -5.14. The molecule has 0 radical (unpaired) electrons. The number of aromatic amines is 1. The minimum Gasteiger partial charge on any atom is -0.496 e. The van der Waals surface area contributed by atoms with Crippen LogP contribution >= 0.6 is 0 Å². The molecule has 7 atom stereocenters. The number of amides is 1. The summed E-state index contributed by atoms with van der Waals surface area (Å²) in [7, 11) is 1.60. The molecule has 5 unspecified atom stereocenters. The van der Waals surface area contributed by atoms with Crippen LogP contribution < -0.4 is 15.8 Å². The minimum atomic E-state index is -4.64. The number of fused-ring (bicyclic) bond motifs is 5. The molecule has 1 amide bonds. The fourth-order valence-corrected chi connectivity index (χ4v) is 9.96. The van der Waals surface area contributed by atoms with E-state index in [4.69, 9.17) is 14.1 Å². The molecule has 276 valence electrons. The van der Waals surface area contributed by atoms with Crippen LogP contribution in [0.25, 0.3) is 5.65 Å². The first-order chi connectivity index (χ1) is 25.6. The van der Waals surface area contributed by atoms with E-state index >= 15 is 0 Å². The largest absolute Gasteiger partial charge is 0.496 e. The van der Waals surface area contributed by atoms with Crippen LogP contribution in [0.5, 0.6) is 5.75 Å². The van der Waals surface area contributed by atoms with Crippen LogP contribution in [0, 0.1) is 23.6 Å². The van der Waals surface area contributed by atoms with Gasteiger partial charge in [-0.25, -0.2) is 19.3 Å². The van der Waals surface area contributed by atoms with E-state index in [0.717, 1.165) is 47.5 Å². The van der Waals surface area contributed by atoms with Gasteiger partial charge in [-0.05, 0) is 97.7 Å². The number of nitrogens with one attached hydrogen (secondary N) is 2. The highest BCUT2D eigenvalue weighted by molar-refractivity contribution is 5.84. The summed E-state index contributed by atoms with van der Waals surface area (Å²) in [5, 5.41) is 10.1. The van der Waals surface area contributed by atoms with E-state index in [-0.39, 0.29) is 47.2 Å². The van der Waals surface area contributed by atoms with Crippen LogP contribution in [-0.2, 0) is 23.8 Å². The molecule has 9 rings (SSSR count). The molecule has 2 aromatic carbocycles. The summed E-state index contributed by atoms with van der Waals surface area (Å²) in [6, 6.07) is 12.9. The van der Waals surface area contributed by atoms with Crippen molar-refractivity contribution in [3.05, 3.63) is 111 Å². The highest BCUT2D eigenvalue weighted by Gasteiger charge is 2.60. The van der Waals surface area contributed by atoms with Crippen LogP contribution in [0.2, 0.25) is 0 Å². The number of aryl methyl sites for hydroxylation is 1. The van der Waals surface area contributed by atoms with E-state index in [1.807, 2.05) is 23.1 Å². The lowest BCUT2D eigenvalue weighted by atomic mass is 9.59. The minimum absolute atomic E-state index is 0.00902. The summed E-state index contributed by atoms with van der Waals surface area (Å²) < 4.78 is 69.7. The number of rotatable bonds is 8. The Morgan fingerprint density at radius 2 is 1.89 bits per heavy atom. The topological polar surface area (TPSA) is 118 Å². The zero-order valence-electron chi connectivity index (χ0n) is 28.9. The predicted octanol–water partition coefficient (Wildman–Crippen LogP) is 7.03. The lowest BCUT2D eigenvalue weighted by Gasteiger charge is -2.42. The molecular formula is C39H38F4N6O4.